The molecule has 1 fully saturated rings. The summed E-state index contributed by atoms with van der Waals surface area (Å²) in [6, 6.07) is 1.53. The van der Waals surface area contributed by atoms with Crippen LogP contribution in [0.1, 0.15) is 56.1 Å². The van der Waals surface area contributed by atoms with Gasteiger partial charge < -0.3 is 25.6 Å². The van der Waals surface area contributed by atoms with Gasteiger partial charge >= 0.3 is 5.97 Å². The first-order valence-corrected chi connectivity index (χ1v) is 10.5. The Kier molecular flexibility index (Phi) is 4.94. The first-order chi connectivity index (χ1) is 14.5. The third-order valence-electron chi connectivity index (χ3n) is 6.63. The summed E-state index contributed by atoms with van der Waals surface area (Å²) < 4.78 is 17.0. The number of carboxylic acids is 1. The van der Waals surface area contributed by atoms with Crippen LogP contribution in [-0.4, -0.2) is 45.6 Å². The zero-order valence-electron chi connectivity index (χ0n) is 17.9. The molecular weight excluding hydrogens is 403 g/mol. The highest BCUT2D eigenvalue weighted by atomic mass is 19.1. The second kappa shape index (κ2) is 7.25. The highest BCUT2D eigenvalue weighted by Gasteiger charge is 2.36. The summed E-state index contributed by atoms with van der Waals surface area (Å²) in [6.07, 6.45) is 2.44. The number of carboxylic acid groups (broad SMARTS) is 1. The molecule has 0 atom stereocenters. The maximum absolute atomic E-state index is 15.2. The number of aromatic carboxylic acids is 1. The highest BCUT2D eigenvalue weighted by Crippen LogP contribution is 2.39. The second-order valence-electron chi connectivity index (χ2n) is 9.07. The Balaban J connectivity index is 1.85. The number of nitrogen functional groups attached to an aromatic ring is 1. The van der Waals surface area contributed by atoms with E-state index in [4.69, 9.17) is 5.73 Å². The molecule has 0 radical (unpaired) electrons. The van der Waals surface area contributed by atoms with Gasteiger partial charge in [-0.3, -0.25) is 9.59 Å². The molecule has 8 nitrogen and oxygen atoms in total. The smallest absolute Gasteiger partial charge is 0.341 e. The molecule has 1 saturated heterocycles. The van der Waals surface area contributed by atoms with Crippen molar-refractivity contribution in [2.45, 2.75) is 58.0 Å². The number of halogens is 1. The van der Waals surface area contributed by atoms with Crippen LogP contribution in [0.5, 0.6) is 0 Å². The molecule has 0 unspecified atom stereocenters. The van der Waals surface area contributed by atoms with E-state index in [2.05, 4.69) is 5.32 Å². The number of hydrogen-bond acceptors (Lipinski definition) is 5. The van der Waals surface area contributed by atoms with Crippen molar-refractivity contribution in [1.29, 1.82) is 0 Å². The number of pyridine rings is 1. The third kappa shape index (κ3) is 3.32. The first kappa shape index (κ1) is 21.1. The fourth-order valence-corrected chi connectivity index (χ4v) is 4.94. The quantitative estimate of drug-likeness (QED) is 0.644. The Morgan fingerprint density at radius 2 is 1.94 bits per heavy atom. The van der Waals surface area contributed by atoms with Gasteiger partial charge in [-0.25, -0.2) is 9.18 Å². The molecule has 4 N–H and O–H groups in total. The number of piperidine rings is 1. The van der Waals surface area contributed by atoms with Gasteiger partial charge in [-0.1, -0.05) is 0 Å². The molecule has 1 amide bonds. The van der Waals surface area contributed by atoms with Crippen molar-refractivity contribution in [2.75, 3.05) is 24.1 Å². The van der Waals surface area contributed by atoms with E-state index in [9.17, 15) is 19.5 Å². The van der Waals surface area contributed by atoms with E-state index in [0.717, 1.165) is 0 Å². The molecule has 0 aliphatic carbocycles. The summed E-state index contributed by atoms with van der Waals surface area (Å²) in [6.45, 7) is 6.62. The summed E-state index contributed by atoms with van der Waals surface area (Å²) in [5, 5.41) is 12.8. The van der Waals surface area contributed by atoms with Gasteiger partial charge in [0.25, 0.3) is 0 Å². The topological polar surface area (TPSA) is 118 Å². The third-order valence-corrected chi connectivity index (χ3v) is 6.63. The molecule has 9 heteroatoms. The normalized spacial score (nSPS) is 18.3. The molecule has 0 spiro atoms. The van der Waals surface area contributed by atoms with Crippen molar-refractivity contribution in [2.24, 2.45) is 0 Å². The molecule has 166 valence electrons. The largest absolute Gasteiger partial charge is 0.477 e. The summed E-state index contributed by atoms with van der Waals surface area (Å²) in [4.78, 5) is 38.2. The number of aromatic nitrogens is 1. The molecule has 0 bridgehead atoms. The Bertz CT molecular complexity index is 1160. The number of nitrogens with two attached hydrogens (primary N) is 1. The van der Waals surface area contributed by atoms with E-state index in [1.165, 1.54) is 6.92 Å². The lowest BCUT2D eigenvalue weighted by Gasteiger charge is -2.32. The van der Waals surface area contributed by atoms with E-state index in [0.29, 0.717) is 50.0 Å². The van der Waals surface area contributed by atoms with Crippen molar-refractivity contribution in [3.63, 3.8) is 0 Å². The van der Waals surface area contributed by atoms with Gasteiger partial charge in [0.2, 0.25) is 11.3 Å². The molecule has 2 aliphatic rings. The minimum absolute atomic E-state index is 0.0194. The number of rotatable bonds is 3. The van der Waals surface area contributed by atoms with Gasteiger partial charge in [0.05, 0.1) is 22.3 Å². The molecule has 2 aliphatic heterocycles. The summed E-state index contributed by atoms with van der Waals surface area (Å²) in [5.41, 5.74) is 5.27. The molecule has 1 aromatic heterocycles. The number of anilines is 2. The van der Waals surface area contributed by atoms with Gasteiger partial charge in [-0.15, -0.1) is 0 Å². The maximum Gasteiger partial charge on any atom is 0.341 e. The molecule has 4 rings (SSSR count). The first-order valence-electron chi connectivity index (χ1n) is 10.5. The van der Waals surface area contributed by atoms with Crippen LogP contribution < -0.4 is 16.5 Å². The number of fused-ring (bicyclic) bond motifs is 3. The van der Waals surface area contributed by atoms with Gasteiger partial charge in [0.15, 0.2) is 5.82 Å². The van der Waals surface area contributed by atoms with Crippen molar-refractivity contribution in [3.8, 4) is 0 Å². The van der Waals surface area contributed by atoms with Gasteiger partial charge in [0, 0.05) is 37.3 Å². The minimum atomic E-state index is -1.33. The number of nitrogens with one attached hydrogen (secondary N) is 1. The Labute approximate surface area is 178 Å². The van der Waals surface area contributed by atoms with Crippen molar-refractivity contribution < 1.29 is 19.1 Å². The number of carbonyl (C=O) groups is 2. The fourth-order valence-electron chi connectivity index (χ4n) is 4.94. The van der Waals surface area contributed by atoms with E-state index in [-0.39, 0.29) is 34.3 Å². The predicted octanol–water partition coefficient (Wildman–Crippen LogP) is 2.53. The summed E-state index contributed by atoms with van der Waals surface area (Å²) >= 11 is 0. The molecule has 2 aromatic rings. The SMILES string of the molecule is CC(=O)N1CCC(Nc2cc3c(c(N)c2F)c(=O)c(C(=O)O)c2n3C(C)(C)CC2)CC1. The number of nitrogens with zero attached hydrogens (tertiary/aromatic N) is 2. The number of amides is 1. The van der Waals surface area contributed by atoms with E-state index < -0.39 is 22.8 Å². The fraction of sp³-hybridized carbons (Fsp3) is 0.500. The summed E-state index contributed by atoms with van der Waals surface area (Å²) in [5.74, 6) is -2.06. The monoisotopic (exact) mass is 430 g/mol. The van der Waals surface area contributed by atoms with Crippen LogP contribution in [0.2, 0.25) is 0 Å². The van der Waals surface area contributed by atoms with Crippen molar-refractivity contribution >= 4 is 34.2 Å². The van der Waals surface area contributed by atoms with E-state index in [1.54, 1.807) is 11.0 Å². The van der Waals surface area contributed by atoms with Crippen LogP contribution in [0.3, 0.4) is 0 Å². The Morgan fingerprint density at radius 1 is 1.29 bits per heavy atom. The molecular formula is C22H27FN4O4. The number of benzene rings is 1. The van der Waals surface area contributed by atoms with Crippen LogP contribution in [0.25, 0.3) is 10.9 Å². The number of hydrogen-bond donors (Lipinski definition) is 3. The Morgan fingerprint density at radius 3 is 2.52 bits per heavy atom. The van der Waals surface area contributed by atoms with Gasteiger partial charge in [0.1, 0.15) is 5.56 Å². The second-order valence-corrected chi connectivity index (χ2v) is 9.07. The average Bonchev–Trinajstić information content (AvgIpc) is 3.00. The maximum atomic E-state index is 15.2. The van der Waals surface area contributed by atoms with Crippen LogP contribution in [0, 0.1) is 5.82 Å². The lowest BCUT2D eigenvalue weighted by atomic mass is 10.0. The molecule has 31 heavy (non-hydrogen) atoms. The van der Waals surface area contributed by atoms with Crippen LogP contribution >= 0.6 is 0 Å². The zero-order valence-corrected chi connectivity index (χ0v) is 17.9. The predicted molar refractivity (Wildman–Crippen MR) is 116 cm³/mol. The number of carbonyl (C=O) groups excluding carboxylic acids is 1. The summed E-state index contributed by atoms with van der Waals surface area (Å²) in [7, 11) is 0. The van der Waals surface area contributed by atoms with Crippen molar-refractivity contribution in [3.05, 3.63) is 33.4 Å². The van der Waals surface area contributed by atoms with E-state index >= 15 is 4.39 Å². The van der Waals surface area contributed by atoms with Gasteiger partial charge in [-0.05, 0) is 45.6 Å². The highest BCUT2D eigenvalue weighted by molar-refractivity contribution is 6.00. The van der Waals surface area contributed by atoms with Crippen LogP contribution in [0.4, 0.5) is 15.8 Å². The van der Waals surface area contributed by atoms with E-state index in [1.807, 2.05) is 18.4 Å². The minimum Gasteiger partial charge on any atom is -0.477 e. The lowest BCUT2D eigenvalue weighted by molar-refractivity contribution is -0.129. The Hall–Kier alpha value is -3.10. The van der Waals surface area contributed by atoms with Crippen LogP contribution in [-0.2, 0) is 16.8 Å². The standard InChI is InChI=1S/C22H27FN4O4/c1-11(28)26-8-5-12(6-9-26)25-13-10-15-16(19(24)18(13)23)20(29)17(21(30)31)14-4-7-22(2,3)27(14)15/h10,12,25H,4-9,24H2,1-3H3,(H,30,31). The van der Waals surface area contributed by atoms with Gasteiger partial charge in [-0.2, -0.15) is 0 Å². The molecule has 1 aromatic carbocycles. The number of likely N-dealkylation sites (tertiary alicyclic amines) is 1. The molecule has 0 saturated carbocycles. The lowest BCUT2D eigenvalue weighted by Crippen LogP contribution is -2.41. The average molecular weight is 430 g/mol. The van der Waals surface area contributed by atoms with Crippen molar-refractivity contribution in [1.82, 2.24) is 9.47 Å². The van der Waals surface area contributed by atoms with Crippen LogP contribution in [0.15, 0.2) is 10.9 Å². The zero-order chi connectivity index (χ0) is 22.7. The molecule has 3 heterocycles.